The van der Waals surface area contributed by atoms with Gasteiger partial charge in [-0.15, -0.1) is 11.3 Å². The van der Waals surface area contributed by atoms with Crippen LogP contribution in [0.15, 0.2) is 30.3 Å². The van der Waals surface area contributed by atoms with Crippen LogP contribution in [-0.2, 0) is 0 Å². The Morgan fingerprint density at radius 3 is 2.50 bits per heavy atom. The lowest BCUT2D eigenvalue weighted by molar-refractivity contribution is 1.11. The fourth-order valence-corrected chi connectivity index (χ4v) is 3.24. The van der Waals surface area contributed by atoms with E-state index in [2.05, 4.69) is 54.1 Å². The molecule has 0 bridgehead atoms. The van der Waals surface area contributed by atoms with Gasteiger partial charge in [0.15, 0.2) is 0 Å². The van der Waals surface area contributed by atoms with Crippen molar-refractivity contribution in [1.82, 2.24) is 9.97 Å². The van der Waals surface area contributed by atoms with Gasteiger partial charge in [0.1, 0.15) is 10.6 Å². The van der Waals surface area contributed by atoms with Crippen molar-refractivity contribution in [2.24, 2.45) is 0 Å². The van der Waals surface area contributed by atoms with Gasteiger partial charge in [0.2, 0.25) is 5.28 Å². The van der Waals surface area contributed by atoms with Crippen molar-refractivity contribution in [2.45, 2.75) is 13.8 Å². The van der Waals surface area contributed by atoms with Crippen molar-refractivity contribution in [3.05, 3.63) is 46.1 Å². The van der Waals surface area contributed by atoms with Crippen molar-refractivity contribution < 1.29 is 0 Å². The van der Waals surface area contributed by atoms with Crippen molar-refractivity contribution in [3.8, 4) is 0 Å². The summed E-state index contributed by atoms with van der Waals surface area (Å²) in [5.74, 6) is 0.841. The van der Waals surface area contributed by atoms with Gasteiger partial charge < -0.3 is 4.90 Å². The number of rotatable bonds is 2. The first-order chi connectivity index (χ1) is 9.54. The van der Waals surface area contributed by atoms with Gasteiger partial charge in [-0.1, -0.05) is 17.7 Å². The molecule has 0 amide bonds. The number of benzene rings is 1. The van der Waals surface area contributed by atoms with E-state index in [1.165, 1.54) is 10.4 Å². The predicted molar refractivity (Wildman–Crippen MR) is 86.4 cm³/mol. The first-order valence-corrected chi connectivity index (χ1v) is 7.48. The number of nitrogens with zero attached hydrogens (tertiary/aromatic N) is 3. The molecule has 3 aromatic rings. The Morgan fingerprint density at radius 2 is 1.80 bits per heavy atom. The molecule has 0 fully saturated rings. The van der Waals surface area contributed by atoms with Crippen molar-refractivity contribution in [1.29, 1.82) is 0 Å². The maximum Gasteiger partial charge on any atom is 0.225 e. The number of aryl methyl sites for hydroxylation is 2. The molecular formula is C15H14ClN3S. The predicted octanol–water partition coefficient (Wildman–Crippen LogP) is 4.73. The third-order valence-corrected chi connectivity index (χ3v) is 4.32. The maximum atomic E-state index is 6.05. The van der Waals surface area contributed by atoms with Crippen LogP contribution in [0.5, 0.6) is 0 Å². The normalized spacial score (nSPS) is 11.0. The highest BCUT2D eigenvalue weighted by molar-refractivity contribution is 7.18. The van der Waals surface area contributed by atoms with E-state index in [0.717, 1.165) is 21.7 Å². The van der Waals surface area contributed by atoms with Crippen LogP contribution >= 0.6 is 22.9 Å². The first-order valence-electron chi connectivity index (χ1n) is 6.28. The van der Waals surface area contributed by atoms with Crippen LogP contribution in [-0.4, -0.2) is 17.0 Å². The number of fused-ring (bicyclic) bond motifs is 1. The van der Waals surface area contributed by atoms with E-state index < -0.39 is 0 Å². The average Bonchev–Trinajstić information content (AvgIpc) is 2.78. The van der Waals surface area contributed by atoms with E-state index in [1.807, 2.05) is 11.9 Å². The van der Waals surface area contributed by atoms with E-state index in [4.69, 9.17) is 11.6 Å². The highest BCUT2D eigenvalue weighted by atomic mass is 35.5. The Kier molecular flexibility index (Phi) is 3.36. The summed E-state index contributed by atoms with van der Waals surface area (Å²) in [6, 6.07) is 10.4. The number of hydrogen-bond donors (Lipinski definition) is 0. The van der Waals surface area contributed by atoms with Crippen LogP contribution in [0.3, 0.4) is 0 Å². The fraction of sp³-hybridized carbons (Fsp3) is 0.200. The van der Waals surface area contributed by atoms with Crippen molar-refractivity contribution in [2.75, 3.05) is 11.9 Å². The molecule has 20 heavy (non-hydrogen) atoms. The molecule has 1 aromatic carbocycles. The third-order valence-electron chi connectivity index (χ3n) is 3.21. The highest BCUT2D eigenvalue weighted by Crippen LogP contribution is 2.34. The molecule has 0 aliphatic carbocycles. The molecule has 2 aromatic heterocycles. The molecule has 102 valence electrons. The molecule has 0 radical (unpaired) electrons. The molecule has 2 heterocycles. The van der Waals surface area contributed by atoms with Gasteiger partial charge in [0.25, 0.3) is 0 Å². The Morgan fingerprint density at radius 1 is 1.10 bits per heavy atom. The van der Waals surface area contributed by atoms with E-state index in [0.29, 0.717) is 0 Å². The summed E-state index contributed by atoms with van der Waals surface area (Å²) in [4.78, 5) is 12.9. The molecule has 5 heteroatoms. The monoisotopic (exact) mass is 303 g/mol. The molecule has 0 saturated carbocycles. The lowest BCUT2D eigenvalue weighted by Gasteiger charge is -2.19. The molecule has 0 spiro atoms. The van der Waals surface area contributed by atoms with Gasteiger partial charge in [-0.05, 0) is 43.6 Å². The molecular weight excluding hydrogens is 290 g/mol. The fourth-order valence-electron chi connectivity index (χ4n) is 2.15. The Bertz CT molecular complexity index is 765. The minimum absolute atomic E-state index is 0.285. The van der Waals surface area contributed by atoms with E-state index >= 15 is 0 Å². The lowest BCUT2D eigenvalue weighted by atomic mass is 10.2. The molecule has 0 aliphatic heterocycles. The number of thiophene rings is 1. The van der Waals surface area contributed by atoms with E-state index in [9.17, 15) is 0 Å². The van der Waals surface area contributed by atoms with Gasteiger partial charge in [-0.2, -0.15) is 4.98 Å². The quantitative estimate of drug-likeness (QED) is 0.641. The minimum Gasteiger partial charge on any atom is -0.329 e. The molecule has 0 atom stereocenters. The van der Waals surface area contributed by atoms with Gasteiger partial charge in [-0.25, -0.2) is 4.98 Å². The van der Waals surface area contributed by atoms with Gasteiger partial charge >= 0.3 is 0 Å². The van der Waals surface area contributed by atoms with Crippen molar-refractivity contribution in [3.63, 3.8) is 0 Å². The maximum absolute atomic E-state index is 6.05. The van der Waals surface area contributed by atoms with Gasteiger partial charge in [0.05, 0.1) is 5.39 Å². The number of hydrogen-bond acceptors (Lipinski definition) is 4. The zero-order valence-corrected chi connectivity index (χ0v) is 13.1. The highest BCUT2D eigenvalue weighted by Gasteiger charge is 2.14. The van der Waals surface area contributed by atoms with Crippen LogP contribution in [0.1, 0.15) is 10.4 Å². The second-order valence-electron chi connectivity index (χ2n) is 4.79. The van der Waals surface area contributed by atoms with Crippen LogP contribution in [0.2, 0.25) is 5.28 Å². The Labute approximate surface area is 126 Å². The number of anilines is 2. The topological polar surface area (TPSA) is 29.0 Å². The van der Waals surface area contributed by atoms with E-state index in [-0.39, 0.29) is 5.28 Å². The van der Waals surface area contributed by atoms with Crippen molar-refractivity contribution >= 4 is 44.7 Å². The average molecular weight is 304 g/mol. The summed E-state index contributed by atoms with van der Waals surface area (Å²) in [6.07, 6.45) is 0. The number of halogens is 1. The van der Waals surface area contributed by atoms with Crippen LogP contribution < -0.4 is 4.90 Å². The summed E-state index contributed by atoms with van der Waals surface area (Å²) in [7, 11) is 2.00. The molecule has 3 nitrogen and oxygen atoms in total. The molecule has 0 aliphatic rings. The van der Waals surface area contributed by atoms with E-state index in [1.54, 1.807) is 11.3 Å². The summed E-state index contributed by atoms with van der Waals surface area (Å²) >= 11 is 7.68. The standard InChI is InChI=1S/C15H14ClN3S/c1-9-4-6-11(7-5-9)19(3)13-12-8-10(2)20-14(12)18-15(16)17-13/h4-8H,1-3H3. The Balaban J connectivity index is 2.15. The SMILES string of the molecule is Cc1ccc(N(C)c2nc(Cl)nc3sc(C)cc23)cc1. The lowest BCUT2D eigenvalue weighted by Crippen LogP contribution is -2.11. The first kappa shape index (κ1) is 13.3. The van der Waals surface area contributed by atoms with Crippen LogP contribution in [0.4, 0.5) is 11.5 Å². The van der Waals surface area contributed by atoms with Gasteiger partial charge in [-0.3, -0.25) is 0 Å². The molecule has 3 rings (SSSR count). The third kappa shape index (κ3) is 2.37. The summed E-state index contributed by atoms with van der Waals surface area (Å²) in [5.41, 5.74) is 2.31. The van der Waals surface area contributed by atoms with Crippen LogP contribution in [0, 0.1) is 13.8 Å². The molecule has 0 saturated heterocycles. The smallest absolute Gasteiger partial charge is 0.225 e. The second kappa shape index (κ2) is 5.04. The minimum atomic E-state index is 0.285. The summed E-state index contributed by atoms with van der Waals surface area (Å²) in [6.45, 7) is 4.14. The zero-order valence-electron chi connectivity index (χ0n) is 11.5. The molecule has 0 N–H and O–H groups in total. The zero-order chi connectivity index (χ0) is 14.3. The Hall–Kier alpha value is -1.65. The number of aromatic nitrogens is 2. The van der Waals surface area contributed by atoms with Gasteiger partial charge in [0, 0.05) is 17.6 Å². The van der Waals surface area contributed by atoms with Crippen LogP contribution in [0.25, 0.3) is 10.2 Å². The largest absolute Gasteiger partial charge is 0.329 e. The second-order valence-corrected chi connectivity index (χ2v) is 6.36. The summed E-state index contributed by atoms with van der Waals surface area (Å²) in [5, 5.41) is 1.33. The summed E-state index contributed by atoms with van der Waals surface area (Å²) < 4.78 is 0. The molecule has 0 unspecified atom stereocenters.